The number of piperidine rings is 1. The Labute approximate surface area is 177 Å². The molecular formula is C22H32N2O6. The molecule has 1 aliphatic rings. The zero-order chi connectivity index (χ0) is 22.3. The summed E-state index contributed by atoms with van der Waals surface area (Å²) in [5, 5.41) is 9.59. The summed E-state index contributed by atoms with van der Waals surface area (Å²) in [5.41, 5.74) is 0.274. The van der Waals surface area contributed by atoms with Crippen LogP contribution in [0.1, 0.15) is 46.1 Å². The first kappa shape index (κ1) is 23.7. The minimum Gasteiger partial charge on any atom is -0.465 e. The van der Waals surface area contributed by atoms with Crippen molar-refractivity contribution in [2.24, 2.45) is 0 Å². The van der Waals surface area contributed by atoms with Gasteiger partial charge in [-0.1, -0.05) is 30.3 Å². The molecule has 2 amide bonds. The van der Waals surface area contributed by atoms with E-state index in [0.29, 0.717) is 25.9 Å². The van der Waals surface area contributed by atoms with E-state index >= 15 is 0 Å². The van der Waals surface area contributed by atoms with E-state index in [1.807, 2.05) is 30.3 Å². The Morgan fingerprint density at radius 3 is 2.30 bits per heavy atom. The van der Waals surface area contributed by atoms with Crippen molar-refractivity contribution in [2.75, 3.05) is 19.7 Å². The van der Waals surface area contributed by atoms with E-state index in [1.165, 1.54) is 0 Å². The van der Waals surface area contributed by atoms with Gasteiger partial charge in [0, 0.05) is 19.6 Å². The van der Waals surface area contributed by atoms with Crippen molar-refractivity contribution in [1.82, 2.24) is 9.80 Å². The molecule has 0 saturated carbocycles. The minimum absolute atomic E-state index is 0.115. The summed E-state index contributed by atoms with van der Waals surface area (Å²) < 4.78 is 10.9. The summed E-state index contributed by atoms with van der Waals surface area (Å²) in [7, 11) is 0. The maximum atomic E-state index is 12.9. The first-order valence-electron chi connectivity index (χ1n) is 10.2. The molecule has 2 rings (SSSR count). The van der Waals surface area contributed by atoms with Crippen LogP contribution in [0.3, 0.4) is 0 Å². The predicted molar refractivity (Wildman–Crippen MR) is 111 cm³/mol. The molecule has 0 aliphatic carbocycles. The van der Waals surface area contributed by atoms with E-state index in [9.17, 15) is 19.5 Å². The normalized spacial score (nSPS) is 16.1. The summed E-state index contributed by atoms with van der Waals surface area (Å²) in [6.07, 6.45) is -0.0768. The lowest BCUT2D eigenvalue weighted by Crippen LogP contribution is -2.51. The van der Waals surface area contributed by atoms with Gasteiger partial charge < -0.3 is 19.5 Å². The SMILES string of the molecule is C[C@H](C(=O)N1CCC(OCC(=O)OC(C)(C)C)CC1)N(Cc1ccccc1)C(=O)O. The number of likely N-dealkylation sites (tertiary alicyclic amines) is 1. The summed E-state index contributed by atoms with van der Waals surface area (Å²) in [5.74, 6) is -0.633. The van der Waals surface area contributed by atoms with Crippen molar-refractivity contribution in [3.05, 3.63) is 35.9 Å². The second-order valence-corrected chi connectivity index (χ2v) is 8.49. The molecule has 0 radical (unpaired) electrons. The molecule has 1 aromatic rings. The van der Waals surface area contributed by atoms with E-state index in [-0.39, 0.29) is 25.2 Å². The lowest BCUT2D eigenvalue weighted by atomic mass is 10.1. The molecule has 0 unspecified atom stereocenters. The number of hydrogen-bond donors (Lipinski definition) is 1. The zero-order valence-corrected chi connectivity index (χ0v) is 18.2. The van der Waals surface area contributed by atoms with Crippen molar-refractivity contribution in [2.45, 2.75) is 64.8 Å². The van der Waals surface area contributed by atoms with Crippen molar-refractivity contribution in [3.63, 3.8) is 0 Å². The number of amides is 2. The molecule has 1 saturated heterocycles. The van der Waals surface area contributed by atoms with Crippen LogP contribution in [-0.2, 0) is 25.6 Å². The quantitative estimate of drug-likeness (QED) is 0.682. The molecule has 0 spiro atoms. The predicted octanol–water partition coefficient (Wildman–Crippen LogP) is 2.90. The molecule has 8 nitrogen and oxygen atoms in total. The highest BCUT2D eigenvalue weighted by molar-refractivity contribution is 5.85. The van der Waals surface area contributed by atoms with Crippen LogP contribution in [0.5, 0.6) is 0 Å². The Morgan fingerprint density at radius 1 is 1.17 bits per heavy atom. The third-order valence-corrected chi connectivity index (χ3v) is 4.88. The summed E-state index contributed by atoms with van der Waals surface area (Å²) in [6.45, 7) is 7.97. The van der Waals surface area contributed by atoms with Gasteiger partial charge in [0.15, 0.2) is 0 Å². The second-order valence-electron chi connectivity index (χ2n) is 8.49. The van der Waals surface area contributed by atoms with Crippen LogP contribution in [-0.4, -0.2) is 70.3 Å². The van der Waals surface area contributed by atoms with Gasteiger partial charge in [0.2, 0.25) is 5.91 Å². The molecule has 1 fully saturated rings. The van der Waals surface area contributed by atoms with Crippen LogP contribution >= 0.6 is 0 Å². The van der Waals surface area contributed by atoms with Crippen LogP contribution in [0, 0.1) is 0 Å². The highest BCUT2D eigenvalue weighted by Gasteiger charge is 2.32. The fourth-order valence-corrected chi connectivity index (χ4v) is 3.35. The smallest absolute Gasteiger partial charge is 0.408 e. The third-order valence-electron chi connectivity index (χ3n) is 4.88. The van der Waals surface area contributed by atoms with E-state index in [2.05, 4.69) is 0 Å². The molecule has 1 heterocycles. The number of carboxylic acid groups (broad SMARTS) is 1. The van der Waals surface area contributed by atoms with E-state index < -0.39 is 23.7 Å². The molecule has 1 N–H and O–H groups in total. The van der Waals surface area contributed by atoms with Crippen LogP contribution < -0.4 is 0 Å². The Balaban J connectivity index is 1.84. The van der Waals surface area contributed by atoms with Crippen molar-refractivity contribution < 1.29 is 29.0 Å². The molecule has 30 heavy (non-hydrogen) atoms. The first-order valence-corrected chi connectivity index (χ1v) is 10.2. The van der Waals surface area contributed by atoms with Crippen molar-refractivity contribution >= 4 is 18.0 Å². The van der Waals surface area contributed by atoms with Gasteiger partial charge in [0.05, 0.1) is 6.10 Å². The zero-order valence-electron chi connectivity index (χ0n) is 18.2. The van der Waals surface area contributed by atoms with Crippen LogP contribution in [0.2, 0.25) is 0 Å². The Bertz CT molecular complexity index is 723. The van der Waals surface area contributed by atoms with Gasteiger partial charge in [-0.3, -0.25) is 9.69 Å². The van der Waals surface area contributed by atoms with Crippen LogP contribution in [0.25, 0.3) is 0 Å². The fraction of sp³-hybridized carbons (Fsp3) is 0.591. The van der Waals surface area contributed by atoms with Gasteiger partial charge in [-0.15, -0.1) is 0 Å². The largest absolute Gasteiger partial charge is 0.465 e. The summed E-state index contributed by atoms with van der Waals surface area (Å²) in [4.78, 5) is 39.2. The van der Waals surface area contributed by atoms with Crippen molar-refractivity contribution in [3.8, 4) is 0 Å². The topological polar surface area (TPSA) is 96.4 Å². The van der Waals surface area contributed by atoms with Gasteiger partial charge in [-0.25, -0.2) is 9.59 Å². The number of esters is 1. The Kier molecular flexibility index (Phi) is 8.23. The lowest BCUT2D eigenvalue weighted by molar-refractivity contribution is -0.163. The Morgan fingerprint density at radius 2 is 1.77 bits per heavy atom. The lowest BCUT2D eigenvalue weighted by Gasteiger charge is -2.35. The number of carbonyl (C=O) groups is 3. The fourth-order valence-electron chi connectivity index (χ4n) is 3.35. The standard InChI is InChI=1S/C22H32N2O6/c1-16(24(21(27)28)14-17-8-6-5-7-9-17)20(26)23-12-10-18(11-13-23)29-15-19(25)30-22(2,3)4/h5-9,16,18H,10-15H2,1-4H3,(H,27,28)/t16-/m1/s1. The molecule has 8 heteroatoms. The highest BCUT2D eigenvalue weighted by Crippen LogP contribution is 2.18. The molecule has 1 aliphatic heterocycles. The number of nitrogens with zero attached hydrogens (tertiary/aromatic N) is 2. The third kappa shape index (κ3) is 7.33. The van der Waals surface area contributed by atoms with E-state index in [1.54, 1.807) is 32.6 Å². The van der Waals surface area contributed by atoms with Gasteiger partial charge in [0.25, 0.3) is 0 Å². The molecule has 1 atom stereocenters. The van der Waals surface area contributed by atoms with Gasteiger partial charge >= 0.3 is 12.1 Å². The van der Waals surface area contributed by atoms with Crippen molar-refractivity contribution in [1.29, 1.82) is 0 Å². The van der Waals surface area contributed by atoms with Gasteiger partial charge in [0.1, 0.15) is 18.2 Å². The van der Waals surface area contributed by atoms with Gasteiger partial charge in [-0.05, 0) is 46.1 Å². The van der Waals surface area contributed by atoms with Crippen LogP contribution in [0.4, 0.5) is 4.79 Å². The molecule has 0 aromatic heterocycles. The number of ether oxygens (including phenoxy) is 2. The molecule has 166 valence electrons. The highest BCUT2D eigenvalue weighted by atomic mass is 16.6. The number of hydrogen-bond acceptors (Lipinski definition) is 5. The average molecular weight is 421 g/mol. The number of rotatable bonds is 7. The minimum atomic E-state index is -1.13. The molecule has 1 aromatic carbocycles. The van der Waals surface area contributed by atoms with Crippen LogP contribution in [0.15, 0.2) is 30.3 Å². The second kappa shape index (κ2) is 10.4. The first-order chi connectivity index (χ1) is 14.1. The maximum absolute atomic E-state index is 12.9. The maximum Gasteiger partial charge on any atom is 0.408 e. The molecule has 0 bridgehead atoms. The van der Waals surface area contributed by atoms with E-state index in [0.717, 1.165) is 10.5 Å². The van der Waals surface area contributed by atoms with Gasteiger partial charge in [-0.2, -0.15) is 0 Å². The van der Waals surface area contributed by atoms with E-state index in [4.69, 9.17) is 9.47 Å². The average Bonchev–Trinajstić information content (AvgIpc) is 2.69. The summed E-state index contributed by atoms with van der Waals surface area (Å²) >= 11 is 0. The molecular weight excluding hydrogens is 388 g/mol. The number of carbonyl (C=O) groups excluding carboxylic acids is 2. The summed E-state index contributed by atoms with van der Waals surface area (Å²) in [6, 6.07) is 8.41. The Hall–Kier alpha value is -2.61. The number of benzene rings is 1. The monoisotopic (exact) mass is 420 g/mol.